The Hall–Kier alpha value is -2.48. The summed E-state index contributed by atoms with van der Waals surface area (Å²) in [6, 6.07) is 1.99. The number of nitrogens with two attached hydrogens (primary N) is 1. The number of thiophene rings is 1. The minimum absolute atomic E-state index is 0.554. The molecule has 0 saturated heterocycles. The lowest BCUT2D eigenvalue weighted by Crippen LogP contribution is -1.97. The van der Waals surface area contributed by atoms with E-state index >= 15 is 0 Å². The van der Waals surface area contributed by atoms with E-state index in [2.05, 4.69) is 20.2 Å². The summed E-state index contributed by atoms with van der Waals surface area (Å²) in [4.78, 5) is 9.84. The van der Waals surface area contributed by atoms with E-state index in [4.69, 9.17) is 5.73 Å². The van der Waals surface area contributed by atoms with Crippen molar-refractivity contribution in [2.45, 2.75) is 0 Å². The Bertz CT molecular complexity index is 881. The first-order chi connectivity index (χ1) is 9.24. The maximum Gasteiger partial charge on any atom is 0.202 e. The summed E-state index contributed by atoms with van der Waals surface area (Å²) < 4.78 is 3.33. The Balaban J connectivity index is 2.07. The summed E-state index contributed by atoms with van der Waals surface area (Å²) in [6.07, 6.45) is 3.26. The van der Waals surface area contributed by atoms with Crippen LogP contribution < -0.4 is 5.73 Å². The second kappa shape index (κ2) is 3.51. The fourth-order valence-corrected chi connectivity index (χ4v) is 2.82. The predicted molar refractivity (Wildman–Crippen MR) is 72.8 cm³/mol. The quantitative estimate of drug-likeness (QED) is 0.564. The molecule has 0 bridgehead atoms. The summed E-state index contributed by atoms with van der Waals surface area (Å²) in [7, 11) is 1.82. The summed E-state index contributed by atoms with van der Waals surface area (Å²) >= 11 is 1.58. The minimum atomic E-state index is 0.554. The molecule has 4 heterocycles. The largest absolute Gasteiger partial charge is 0.396 e. The molecular weight excluding hydrogens is 262 g/mol. The first-order valence-electron chi connectivity index (χ1n) is 5.60. The van der Waals surface area contributed by atoms with E-state index in [1.54, 1.807) is 33.1 Å². The van der Waals surface area contributed by atoms with E-state index in [1.165, 1.54) is 0 Å². The molecule has 7 nitrogen and oxygen atoms in total. The van der Waals surface area contributed by atoms with Crippen molar-refractivity contribution in [1.82, 2.24) is 29.4 Å². The molecule has 94 valence electrons. The van der Waals surface area contributed by atoms with Crippen molar-refractivity contribution in [1.29, 1.82) is 0 Å². The second-order valence-electron chi connectivity index (χ2n) is 4.16. The van der Waals surface area contributed by atoms with Gasteiger partial charge in [-0.1, -0.05) is 0 Å². The van der Waals surface area contributed by atoms with Crippen LogP contribution in [0.4, 0.5) is 5.69 Å². The van der Waals surface area contributed by atoms with Gasteiger partial charge in [-0.2, -0.15) is 5.10 Å². The van der Waals surface area contributed by atoms with Crippen molar-refractivity contribution in [2.24, 2.45) is 7.05 Å². The Morgan fingerprint density at radius 2 is 2.26 bits per heavy atom. The smallest absolute Gasteiger partial charge is 0.202 e. The van der Waals surface area contributed by atoms with Gasteiger partial charge in [-0.05, 0) is 11.4 Å². The van der Waals surface area contributed by atoms with Crippen molar-refractivity contribution in [3.05, 3.63) is 24.0 Å². The van der Waals surface area contributed by atoms with Gasteiger partial charge in [0.1, 0.15) is 16.9 Å². The van der Waals surface area contributed by atoms with Crippen LogP contribution in [0.25, 0.3) is 27.4 Å². The molecule has 8 heteroatoms. The summed E-state index contributed by atoms with van der Waals surface area (Å²) in [5, 5.41) is 11.5. The van der Waals surface area contributed by atoms with Crippen molar-refractivity contribution in [3.8, 4) is 11.5 Å². The molecule has 19 heavy (non-hydrogen) atoms. The lowest BCUT2D eigenvalue weighted by atomic mass is 10.3. The highest BCUT2D eigenvalue weighted by Gasteiger charge is 2.15. The number of fused-ring (bicyclic) bond motifs is 3. The minimum Gasteiger partial charge on any atom is -0.396 e. The SMILES string of the molecule is Cn1ncc(N)c1-c1nc2c3ccsc3ncn2n1. The molecule has 0 spiro atoms. The molecule has 0 aliphatic heterocycles. The molecule has 0 fully saturated rings. The Morgan fingerprint density at radius 3 is 3.05 bits per heavy atom. The molecule has 2 N–H and O–H groups in total. The number of hydrogen-bond acceptors (Lipinski definition) is 6. The van der Waals surface area contributed by atoms with E-state index in [1.807, 2.05) is 18.5 Å². The van der Waals surface area contributed by atoms with Gasteiger partial charge in [-0.15, -0.1) is 16.4 Å². The predicted octanol–water partition coefficient (Wildman–Crippen LogP) is 1.32. The van der Waals surface area contributed by atoms with Crippen LogP contribution in [0.5, 0.6) is 0 Å². The third-order valence-corrected chi connectivity index (χ3v) is 3.80. The molecule has 0 unspecified atom stereocenters. The number of rotatable bonds is 1. The second-order valence-corrected chi connectivity index (χ2v) is 5.05. The van der Waals surface area contributed by atoms with Crippen LogP contribution in [0.3, 0.4) is 0 Å². The number of aryl methyl sites for hydroxylation is 1. The zero-order chi connectivity index (χ0) is 13.0. The van der Waals surface area contributed by atoms with Crippen molar-refractivity contribution in [2.75, 3.05) is 5.73 Å². The van der Waals surface area contributed by atoms with Crippen LogP contribution in [-0.4, -0.2) is 29.4 Å². The molecule has 4 aromatic rings. The van der Waals surface area contributed by atoms with E-state index < -0.39 is 0 Å². The van der Waals surface area contributed by atoms with Crippen molar-refractivity contribution < 1.29 is 0 Å². The zero-order valence-electron chi connectivity index (χ0n) is 9.98. The van der Waals surface area contributed by atoms with Crippen LogP contribution in [0, 0.1) is 0 Å². The monoisotopic (exact) mass is 271 g/mol. The third kappa shape index (κ3) is 1.37. The molecule has 0 atom stereocenters. The standard InChI is InChI=1S/C11H9N7S/c1-17-8(7(12)4-14-17)9-15-10-6-2-3-19-11(6)13-5-18(10)16-9/h2-5H,12H2,1H3. The number of anilines is 1. The van der Waals surface area contributed by atoms with Gasteiger partial charge in [0.15, 0.2) is 5.65 Å². The van der Waals surface area contributed by atoms with Gasteiger partial charge in [0.05, 0.1) is 17.3 Å². The van der Waals surface area contributed by atoms with Crippen molar-refractivity contribution >= 4 is 32.9 Å². The van der Waals surface area contributed by atoms with Crippen LogP contribution >= 0.6 is 11.3 Å². The Morgan fingerprint density at radius 1 is 1.37 bits per heavy atom. The normalized spacial score (nSPS) is 11.6. The van der Waals surface area contributed by atoms with Gasteiger partial charge >= 0.3 is 0 Å². The average Bonchev–Trinajstić information content (AvgIpc) is 3.06. The van der Waals surface area contributed by atoms with E-state index in [9.17, 15) is 0 Å². The van der Waals surface area contributed by atoms with Gasteiger partial charge in [0, 0.05) is 7.05 Å². The molecule has 4 aromatic heterocycles. The van der Waals surface area contributed by atoms with Crippen molar-refractivity contribution in [3.63, 3.8) is 0 Å². The van der Waals surface area contributed by atoms with Gasteiger partial charge in [0.2, 0.25) is 5.82 Å². The van der Waals surface area contributed by atoms with Gasteiger partial charge in [0.25, 0.3) is 0 Å². The maximum atomic E-state index is 5.90. The first-order valence-corrected chi connectivity index (χ1v) is 6.48. The molecular formula is C11H9N7S. The molecule has 0 aliphatic rings. The molecule has 0 amide bonds. The van der Waals surface area contributed by atoms with Crippen LogP contribution in [0.1, 0.15) is 0 Å². The fourth-order valence-electron chi connectivity index (χ4n) is 2.09. The summed E-state index contributed by atoms with van der Waals surface area (Å²) in [5.74, 6) is 0.554. The number of nitrogen functional groups attached to an aromatic ring is 1. The number of aromatic nitrogens is 6. The topological polar surface area (TPSA) is 86.9 Å². The van der Waals surface area contributed by atoms with E-state index in [0.29, 0.717) is 17.2 Å². The van der Waals surface area contributed by atoms with Gasteiger partial charge in [-0.3, -0.25) is 4.68 Å². The molecule has 0 saturated carbocycles. The fraction of sp³-hybridized carbons (Fsp3) is 0.0909. The van der Waals surface area contributed by atoms with Crippen LogP contribution in [-0.2, 0) is 7.05 Å². The Kier molecular flexibility index (Phi) is 1.93. The lowest BCUT2D eigenvalue weighted by Gasteiger charge is -1.96. The average molecular weight is 271 g/mol. The van der Waals surface area contributed by atoms with Gasteiger partial charge in [-0.25, -0.2) is 14.5 Å². The molecule has 0 radical (unpaired) electrons. The van der Waals surface area contributed by atoms with Crippen LogP contribution in [0.15, 0.2) is 24.0 Å². The van der Waals surface area contributed by atoms with Gasteiger partial charge < -0.3 is 5.73 Å². The van der Waals surface area contributed by atoms with E-state index in [-0.39, 0.29) is 0 Å². The lowest BCUT2D eigenvalue weighted by molar-refractivity contribution is 0.769. The molecule has 4 rings (SSSR count). The first kappa shape index (κ1) is 10.4. The summed E-state index contributed by atoms with van der Waals surface area (Å²) in [6.45, 7) is 0. The molecule has 0 aliphatic carbocycles. The highest BCUT2D eigenvalue weighted by Crippen LogP contribution is 2.26. The highest BCUT2D eigenvalue weighted by molar-refractivity contribution is 7.16. The highest BCUT2D eigenvalue weighted by atomic mass is 32.1. The number of nitrogens with zero attached hydrogens (tertiary/aromatic N) is 6. The maximum absolute atomic E-state index is 5.90. The van der Waals surface area contributed by atoms with E-state index in [0.717, 1.165) is 15.9 Å². The Labute approximate surface area is 111 Å². The third-order valence-electron chi connectivity index (χ3n) is 2.98. The summed E-state index contributed by atoms with van der Waals surface area (Å²) in [5.41, 5.74) is 7.96. The zero-order valence-corrected chi connectivity index (χ0v) is 10.8. The van der Waals surface area contributed by atoms with Crippen LogP contribution in [0.2, 0.25) is 0 Å². The number of hydrogen-bond donors (Lipinski definition) is 1. The molecule has 0 aromatic carbocycles.